The van der Waals surface area contributed by atoms with E-state index in [1.54, 1.807) is 29.2 Å². The highest BCUT2D eigenvalue weighted by Gasteiger charge is 2.39. The number of carbonyl (C=O) groups excluding carboxylic acids is 2. The monoisotopic (exact) mass is 654 g/mol. The van der Waals surface area contributed by atoms with E-state index in [2.05, 4.69) is 70.9 Å². The third-order valence-electron chi connectivity index (χ3n) is 9.85. The molecule has 3 aromatic rings. The lowest BCUT2D eigenvalue weighted by molar-refractivity contribution is -0.116. The van der Waals surface area contributed by atoms with Gasteiger partial charge in [0, 0.05) is 23.9 Å². The second kappa shape index (κ2) is 15.2. The lowest BCUT2D eigenvalue weighted by atomic mass is 9.68. The second-order valence-electron chi connectivity index (χ2n) is 12.5. The van der Waals surface area contributed by atoms with Crippen molar-refractivity contribution in [1.29, 1.82) is 0 Å². The number of nitrogens with one attached hydrogen (secondary N) is 1. The Morgan fingerprint density at radius 2 is 1.49 bits per heavy atom. The summed E-state index contributed by atoms with van der Waals surface area (Å²) in [6.45, 7) is 7.29. The zero-order chi connectivity index (χ0) is 33.4. The number of rotatable bonds is 14. The summed E-state index contributed by atoms with van der Waals surface area (Å²) in [5, 5.41) is 2.96. The van der Waals surface area contributed by atoms with Crippen LogP contribution in [-0.2, 0) is 24.8 Å². The third-order valence-corrected chi connectivity index (χ3v) is 11.0. The summed E-state index contributed by atoms with van der Waals surface area (Å²) in [7, 11) is -3.38. The van der Waals surface area contributed by atoms with Gasteiger partial charge in [0.2, 0.25) is 12.8 Å². The Hall–Kier alpha value is -4.08. The topological polar surface area (TPSA) is 99.2 Å². The van der Waals surface area contributed by atoms with E-state index >= 15 is 0 Å². The predicted molar refractivity (Wildman–Crippen MR) is 187 cm³/mol. The Labute approximate surface area is 279 Å². The number of piperidine rings is 1. The number of aliphatic imine (C=N–C) groups is 1. The molecule has 47 heavy (non-hydrogen) atoms. The molecule has 5 rings (SSSR count). The molecule has 2 amide bonds. The molecular weight excluding hydrogens is 609 g/mol. The molecule has 2 aliphatic heterocycles. The van der Waals surface area contributed by atoms with Crippen LogP contribution in [0.2, 0.25) is 0 Å². The van der Waals surface area contributed by atoms with Gasteiger partial charge in [-0.1, -0.05) is 86.6 Å². The van der Waals surface area contributed by atoms with Gasteiger partial charge < -0.3 is 15.1 Å². The van der Waals surface area contributed by atoms with Crippen molar-refractivity contribution in [3.63, 3.8) is 0 Å². The Bertz CT molecular complexity index is 1640. The van der Waals surface area contributed by atoms with Crippen LogP contribution in [0.4, 0.5) is 0 Å². The van der Waals surface area contributed by atoms with Crippen LogP contribution in [0.25, 0.3) is 0 Å². The molecule has 0 bridgehead atoms. The van der Waals surface area contributed by atoms with Gasteiger partial charge in [0.15, 0.2) is 9.84 Å². The van der Waals surface area contributed by atoms with E-state index in [-0.39, 0.29) is 10.3 Å². The lowest BCUT2D eigenvalue weighted by Gasteiger charge is -2.43. The molecule has 0 spiro atoms. The van der Waals surface area contributed by atoms with E-state index in [0.717, 1.165) is 68.0 Å². The molecule has 2 aliphatic rings. The minimum Gasteiger partial charge on any atom is -0.350 e. The van der Waals surface area contributed by atoms with E-state index in [0.29, 0.717) is 25.8 Å². The molecule has 1 saturated heterocycles. The van der Waals surface area contributed by atoms with E-state index in [4.69, 9.17) is 4.99 Å². The maximum Gasteiger partial charge on any atom is 0.213 e. The molecule has 2 atom stereocenters. The molecule has 3 aromatic carbocycles. The zero-order valence-electron chi connectivity index (χ0n) is 27.6. The number of hydrogen-bond acceptors (Lipinski definition) is 6. The molecule has 0 saturated carbocycles. The molecule has 0 aromatic heterocycles. The quantitative estimate of drug-likeness (QED) is 0.225. The van der Waals surface area contributed by atoms with Crippen LogP contribution in [0.1, 0.15) is 68.6 Å². The Kier molecular flexibility index (Phi) is 11.1. The number of sulfone groups is 1. The minimum atomic E-state index is -3.38. The number of hydrogen-bond donors (Lipinski definition) is 1. The highest BCUT2D eigenvalue weighted by Crippen LogP contribution is 2.42. The zero-order valence-corrected chi connectivity index (χ0v) is 28.5. The molecule has 2 heterocycles. The number of nitrogens with zero attached hydrogens (tertiary/aromatic N) is 3. The summed E-state index contributed by atoms with van der Waals surface area (Å²) in [4.78, 5) is 34.0. The lowest BCUT2D eigenvalue weighted by Crippen LogP contribution is -2.47. The maximum absolute atomic E-state index is 12.8. The van der Waals surface area contributed by atoms with Gasteiger partial charge in [0.1, 0.15) is 0 Å². The van der Waals surface area contributed by atoms with Crippen molar-refractivity contribution >= 4 is 28.4 Å². The molecule has 8 nitrogen and oxygen atoms in total. The number of carbonyl (C=O) groups is 2. The van der Waals surface area contributed by atoms with Crippen molar-refractivity contribution in [1.82, 2.24) is 15.1 Å². The fraction of sp³-hybridized carbons (Fsp3) is 0.395. The first-order valence-electron chi connectivity index (χ1n) is 16.6. The largest absolute Gasteiger partial charge is 0.350 e. The number of likely N-dealkylation sites (tertiary alicyclic amines) is 1. The van der Waals surface area contributed by atoms with Crippen molar-refractivity contribution in [3.05, 3.63) is 113 Å². The van der Waals surface area contributed by atoms with Crippen molar-refractivity contribution in [3.8, 4) is 0 Å². The molecule has 9 heteroatoms. The number of amides is 2. The van der Waals surface area contributed by atoms with Crippen LogP contribution < -0.4 is 5.32 Å². The molecule has 1 N–H and O–H groups in total. The fourth-order valence-corrected chi connectivity index (χ4v) is 8.01. The van der Waals surface area contributed by atoms with Crippen LogP contribution in [0.3, 0.4) is 0 Å². The van der Waals surface area contributed by atoms with Gasteiger partial charge in [-0.25, -0.2) is 8.42 Å². The SMILES string of the molecule is CCC1=NC(CC)=C(N(C=O)CCCN2CCC(c3ccccc3)(c3ccccc3)CC2)C(c2ccc(S(C)(=O)=O)cc2)C1NC=O. The van der Waals surface area contributed by atoms with E-state index in [9.17, 15) is 18.0 Å². The van der Waals surface area contributed by atoms with Gasteiger partial charge >= 0.3 is 0 Å². The predicted octanol–water partition coefficient (Wildman–Crippen LogP) is 5.71. The van der Waals surface area contributed by atoms with Gasteiger partial charge in [-0.15, -0.1) is 0 Å². The van der Waals surface area contributed by atoms with Gasteiger partial charge in [-0.2, -0.15) is 0 Å². The van der Waals surface area contributed by atoms with Crippen LogP contribution in [0.5, 0.6) is 0 Å². The van der Waals surface area contributed by atoms with Crippen molar-refractivity contribution in [2.45, 2.75) is 68.2 Å². The fourth-order valence-electron chi connectivity index (χ4n) is 7.38. The number of allylic oxidation sites excluding steroid dienone is 1. The summed E-state index contributed by atoms with van der Waals surface area (Å²) in [6, 6.07) is 27.9. The average molecular weight is 655 g/mol. The summed E-state index contributed by atoms with van der Waals surface area (Å²) in [5.74, 6) is -0.395. The van der Waals surface area contributed by atoms with Gasteiger partial charge in [-0.3, -0.25) is 14.6 Å². The van der Waals surface area contributed by atoms with Crippen molar-refractivity contribution in [2.24, 2.45) is 4.99 Å². The van der Waals surface area contributed by atoms with Crippen LogP contribution in [-0.4, -0.2) is 75.2 Å². The average Bonchev–Trinajstić information content (AvgIpc) is 3.11. The standard InChI is InChI=1S/C38H46N4O4S/c1-4-33-36(39-27-43)35(29-17-19-32(20-18-29)47(3,45)46)37(34(5-2)40-33)42(28-44)24-12-23-41-25-21-38(22-26-41,30-13-8-6-9-14-30)31-15-10-7-11-16-31/h6-11,13-20,27-28,35-36H,4-5,12,21-26H2,1-3H3,(H,39,43). The van der Waals surface area contributed by atoms with Gasteiger partial charge in [0.25, 0.3) is 0 Å². The highest BCUT2D eigenvalue weighted by atomic mass is 32.2. The second-order valence-corrected chi connectivity index (χ2v) is 14.5. The summed E-state index contributed by atoms with van der Waals surface area (Å²) < 4.78 is 24.4. The summed E-state index contributed by atoms with van der Waals surface area (Å²) in [6.07, 6.45) is 6.78. The Morgan fingerprint density at radius 1 is 0.894 bits per heavy atom. The van der Waals surface area contributed by atoms with E-state index < -0.39 is 21.8 Å². The molecule has 0 radical (unpaired) electrons. The smallest absolute Gasteiger partial charge is 0.213 e. The van der Waals surface area contributed by atoms with E-state index in [1.165, 1.54) is 17.4 Å². The Balaban J connectivity index is 1.35. The van der Waals surface area contributed by atoms with Gasteiger partial charge in [-0.05, 0) is 80.6 Å². The van der Waals surface area contributed by atoms with E-state index in [1.807, 2.05) is 13.8 Å². The Morgan fingerprint density at radius 3 is 1.98 bits per heavy atom. The molecule has 2 unspecified atom stereocenters. The number of benzene rings is 3. The maximum atomic E-state index is 12.8. The molecule has 0 aliphatic carbocycles. The van der Waals surface area contributed by atoms with Crippen LogP contribution in [0, 0.1) is 0 Å². The summed E-state index contributed by atoms with van der Waals surface area (Å²) in [5.41, 5.74) is 5.91. The first-order chi connectivity index (χ1) is 22.8. The molecular formula is C38H46N4O4S. The normalized spacial score (nSPS) is 19.9. The molecule has 1 fully saturated rings. The minimum absolute atomic E-state index is 0.0216. The first kappa shape index (κ1) is 34.3. The van der Waals surface area contributed by atoms with Crippen molar-refractivity contribution < 1.29 is 18.0 Å². The van der Waals surface area contributed by atoms with Crippen LogP contribution in [0.15, 0.2) is 106 Å². The summed E-state index contributed by atoms with van der Waals surface area (Å²) >= 11 is 0. The van der Waals surface area contributed by atoms with Crippen LogP contribution >= 0.6 is 0 Å². The van der Waals surface area contributed by atoms with Gasteiger partial charge in [0.05, 0.1) is 28.2 Å². The third kappa shape index (κ3) is 7.41. The van der Waals surface area contributed by atoms with Crippen molar-refractivity contribution in [2.75, 3.05) is 32.4 Å². The highest BCUT2D eigenvalue weighted by molar-refractivity contribution is 7.90. The molecule has 248 valence electrons. The first-order valence-corrected chi connectivity index (χ1v) is 18.5.